The second kappa shape index (κ2) is 5.61. The number of hydrogen-bond acceptors (Lipinski definition) is 5. The van der Waals surface area contributed by atoms with Gasteiger partial charge in [0.1, 0.15) is 11.2 Å². The van der Waals surface area contributed by atoms with E-state index in [1.807, 2.05) is 24.3 Å². The lowest BCUT2D eigenvalue weighted by atomic mass is 9.94. The highest BCUT2D eigenvalue weighted by Crippen LogP contribution is 2.29. The zero-order valence-electron chi connectivity index (χ0n) is 12.5. The lowest BCUT2D eigenvalue weighted by Gasteiger charge is -2.15. The third-order valence-corrected chi connectivity index (χ3v) is 4.32. The van der Waals surface area contributed by atoms with Crippen molar-refractivity contribution in [1.82, 2.24) is 5.16 Å². The van der Waals surface area contributed by atoms with Crippen LogP contribution in [0.2, 0.25) is 0 Å². The molecule has 0 radical (unpaired) electrons. The van der Waals surface area contributed by atoms with Gasteiger partial charge in [-0.15, -0.1) is 0 Å². The molecule has 0 unspecified atom stereocenters. The first kappa shape index (κ1) is 14.1. The van der Waals surface area contributed by atoms with E-state index < -0.39 is 0 Å². The summed E-state index contributed by atoms with van der Waals surface area (Å²) in [6.07, 6.45) is 0.919. The summed E-state index contributed by atoms with van der Waals surface area (Å²) in [6.45, 7) is 0.385. The molecule has 4 rings (SSSR count). The fraction of sp³-hybridized carbons (Fsp3) is 0.222. The van der Waals surface area contributed by atoms with E-state index in [1.54, 1.807) is 6.07 Å². The number of aliphatic hydroxyl groups excluding tert-OH is 2. The fourth-order valence-electron chi connectivity index (χ4n) is 3.14. The Morgan fingerprint density at radius 1 is 1.04 bits per heavy atom. The molecular formula is C18H16N2O3. The number of fused-ring (bicyclic) bond motifs is 2. The Bertz CT molecular complexity index is 912. The SMILES string of the molecule is OCc1ccc2c(C3=NCCc4ccccc43)onc2c1CO. The number of rotatable bonds is 3. The highest BCUT2D eigenvalue weighted by atomic mass is 16.5. The van der Waals surface area contributed by atoms with Crippen molar-refractivity contribution in [2.45, 2.75) is 19.6 Å². The molecule has 1 aliphatic heterocycles. The number of hydrogen-bond donors (Lipinski definition) is 2. The highest BCUT2D eigenvalue weighted by molar-refractivity contribution is 6.18. The van der Waals surface area contributed by atoms with E-state index in [4.69, 9.17) is 4.52 Å². The van der Waals surface area contributed by atoms with Crippen LogP contribution in [-0.2, 0) is 19.6 Å². The molecule has 0 fully saturated rings. The highest BCUT2D eigenvalue weighted by Gasteiger charge is 2.23. The molecule has 5 nitrogen and oxygen atoms in total. The smallest absolute Gasteiger partial charge is 0.193 e. The second-order valence-electron chi connectivity index (χ2n) is 5.56. The summed E-state index contributed by atoms with van der Waals surface area (Å²) in [6, 6.07) is 11.8. The molecule has 2 heterocycles. The normalized spacial score (nSPS) is 13.9. The second-order valence-corrected chi connectivity index (χ2v) is 5.56. The van der Waals surface area contributed by atoms with Crippen LogP contribution in [0.1, 0.15) is 28.0 Å². The molecule has 0 saturated carbocycles. The molecule has 0 spiro atoms. The number of nitrogens with zero attached hydrogens (tertiary/aromatic N) is 2. The molecule has 116 valence electrons. The largest absolute Gasteiger partial charge is 0.392 e. The summed E-state index contributed by atoms with van der Waals surface area (Å²) >= 11 is 0. The molecule has 23 heavy (non-hydrogen) atoms. The van der Waals surface area contributed by atoms with Gasteiger partial charge in [0, 0.05) is 17.7 Å². The zero-order valence-corrected chi connectivity index (χ0v) is 12.5. The van der Waals surface area contributed by atoms with Crippen LogP contribution >= 0.6 is 0 Å². The van der Waals surface area contributed by atoms with Crippen molar-refractivity contribution in [3.63, 3.8) is 0 Å². The predicted molar refractivity (Wildman–Crippen MR) is 86.5 cm³/mol. The number of aliphatic imine (C=N–C) groups is 1. The monoisotopic (exact) mass is 308 g/mol. The minimum atomic E-state index is -0.192. The van der Waals surface area contributed by atoms with Crippen LogP contribution in [0.3, 0.4) is 0 Å². The third kappa shape index (κ3) is 2.17. The fourth-order valence-corrected chi connectivity index (χ4v) is 3.14. The molecule has 3 aromatic rings. The summed E-state index contributed by atoms with van der Waals surface area (Å²) in [5.41, 5.74) is 4.95. The molecule has 2 N–H and O–H groups in total. The minimum Gasteiger partial charge on any atom is -0.392 e. The van der Waals surface area contributed by atoms with E-state index >= 15 is 0 Å². The lowest BCUT2D eigenvalue weighted by Crippen LogP contribution is -2.13. The summed E-state index contributed by atoms with van der Waals surface area (Å²) in [5.74, 6) is 0.617. The van der Waals surface area contributed by atoms with Gasteiger partial charge < -0.3 is 14.7 Å². The van der Waals surface area contributed by atoms with Crippen LogP contribution in [0.25, 0.3) is 10.9 Å². The van der Waals surface area contributed by atoms with Gasteiger partial charge in [0.2, 0.25) is 0 Å². The van der Waals surface area contributed by atoms with Crippen molar-refractivity contribution in [3.8, 4) is 0 Å². The number of aromatic nitrogens is 1. The topological polar surface area (TPSA) is 78.9 Å². The summed E-state index contributed by atoms with van der Waals surface area (Å²) < 4.78 is 5.58. The van der Waals surface area contributed by atoms with Gasteiger partial charge in [-0.3, -0.25) is 4.99 Å². The van der Waals surface area contributed by atoms with Gasteiger partial charge in [0.05, 0.1) is 18.6 Å². The molecule has 0 saturated heterocycles. The molecular weight excluding hydrogens is 292 g/mol. The van der Waals surface area contributed by atoms with E-state index in [0.717, 1.165) is 29.6 Å². The Kier molecular flexibility index (Phi) is 3.44. The van der Waals surface area contributed by atoms with Gasteiger partial charge >= 0.3 is 0 Å². The lowest BCUT2D eigenvalue weighted by molar-refractivity contribution is 0.260. The van der Waals surface area contributed by atoms with Crippen molar-refractivity contribution in [2.24, 2.45) is 4.99 Å². The van der Waals surface area contributed by atoms with Crippen molar-refractivity contribution < 1.29 is 14.7 Å². The molecule has 2 aromatic carbocycles. The first-order chi connectivity index (χ1) is 11.3. The molecule has 1 aliphatic rings. The quantitative estimate of drug-likeness (QED) is 0.777. The summed E-state index contributed by atoms with van der Waals surface area (Å²) in [7, 11) is 0. The predicted octanol–water partition coefficient (Wildman–Crippen LogP) is 2.21. The molecule has 0 bridgehead atoms. The maximum absolute atomic E-state index is 9.60. The Morgan fingerprint density at radius 3 is 2.74 bits per heavy atom. The van der Waals surface area contributed by atoms with E-state index in [9.17, 15) is 10.2 Å². The summed E-state index contributed by atoms with van der Waals surface area (Å²) in [4.78, 5) is 4.63. The average Bonchev–Trinajstić information content (AvgIpc) is 3.04. The summed E-state index contributed by atoms with van der Waals surface area (Å²) in [5, 5.41) is 23.9. The van der Waals surface area contributed by atoms with Gasteiger partial charge in [-0.25, -0.2) is 0 Å². The van der Waals surface area contributed by atoms with Gasteiger partial charge in [-0.05, 0) is 23.6 Å². The van der Waals surface area contributed by atoms with Crippen LogP contribution in [0.5, 0.6) is 0 Å². The average molecular weight is 308 g/mol. The van der Waals surface area contributed by atoms with Crippen LogP contribution in [0, 0.1) is 0 Å². The van der Waals surface area contributed by atoms with Crippen molar-refractivity contribution in [1.29, 1.82) is 0 Å². The maximum atomic E-state index is 9.60. The Hall–Kier alpha value is -2.50. The standard InChI is InChI=1S/C18H16N2O3/c21-9-12-5-6-14-16(15(12)10-22)20-23-18(14)17-13-4-2-1-3-11(13)7-8-19-17/h1-6,21-22H,7-10H2. The first-order valence-corrected chi connectivity index (χ1v) is 7.58. The van der Waals surface area contributed by atoms with Crippen molar-refractivity contribution >= 4 is 16.6 Å². The van der Waals surface area contributed by atoms with Gasteiger partial charge in [0.15, 0.2) is 5.76 Å². The van der Waals surface area contributed by atoms with E-state index in [0.29, 0.717) is 22.4 Å². The third-order valence-electron chi connectivity index (χ3n) is 4.32. The Labute approximate surface area is 132 Å². The zero-order chi connectivity index (χ0) is 15.8. The number of aliphatic hydroxyl groups is 2. The van der Waals surface area contributed by atoms with Gasteiger partial charge in [0.25, 0.3) is 0 Å². The van der Waals surface area contributed by atoms with Crippen LogP contribution in [-0.4, -0.2) is 27.6 Å². The molecule has 0 aliphatic carbocycles. The molecule has 1 aromatic heterocycles. The molecule has 0 atom stereocenters. The van der Waals surface area contributed by atoms with Gasteiger partial charge in [-0.1, -0.05) is 35.5 Å². The maximum Gasteiger partial charge on any atom is 0.193 e. The Morgan fingerprint density at radius 2 is 1.91 bits per heavy atom. The van der Waals surface area contributed by atoms with E-state index in [1.165, 1.54) is 5.56 Å². The van der Waals surface area contributed by atoms with Crippen molar-refractivity contribution in [2.75, 3.05) is 6.54 Å². The minimum absolute atomic E-state index is 0.141. The van der Waals surface area contributed by atoms with Crippen LogP contribution < -0.4 is 0 Å². The van der Waals surface area contributed by atoms with Crippen LogP contribution in [0.15, 0.2) is 45.9 Å². The van der Waals surface area contributed by atoms with Crippen molar-refractivity contribution in [3.05, 3.63) is 64.4 Å². The molecule has 0 amide bonds. The first-order valence-electron chi connectivity index (χ1n) is 7.58. The number of benzene rings is 2. The molecule has 5 heteroatoms. The van der Waals surface area contributed by atoms with E-state index in [2.05, 4.69) is 16.2 Å². The van der Waals surface area contributed by atoms with E-state index in [-0.39, 0.29) is 13.2 Å². The van der Waals surface area contributed by atoms with Gasteiger partial charge in [-0.2, -0.15) is 0 Å². The Balaban J connectivity index is 1.93. The van der Waals surface area contributed by atoms with Crippen LogP contribution in [0.4, 0.5) is 0 Å².